The Kier molecular flexibility index (Phi) is 7.29. The molecule has 0 bridgehead atoms. The monoisotopic (exact) mass is 399 g/mol. The van der Waals surface area contributed by atoms with Crippen molar-refractivity contribution in [1.29, 1.82) is 0 Å². The lowest BCUT2D eigenvalue weighted by molar-refractivity contribution is -0.126. The molecule has 2 aliphatic rings. The number of amides is 3. The van der Waals surface area contributed by atoms with Crippen molar-refractivity contribution in [2.45, 2.75) is 77.3 Å². The molecule has 6 heteroatoms. The fourth-order valence-electron chi connectivity index (χ4n) is 4.55. The van der Waals surface area contributed by atoms with E-state index in [9.17, 15) is 14.4 Å². The molecule has 29 heavy (non-hydrogen) atoms. The third-order valence-electron chi connectivity index (χ3n) is 5.91. The van der Waals surface area contributed by atoms with Crippen molar-refractivity contribution < 1.29 is 14.4 Å². The molecule has 158 valence electrons. The number of benzene rings is 1. The number of likely N-dealkylation sites (tertiary alicyclic amines) is 1. The first-order valence-electron chi connectivity index (χ1n) is 11.0. The van der Waals surface area contributed by atoms with Crippen LogP contribution in [0.5, 0.6) is 0 Å². The summed E-state index contributed by atoms with van der Waals surface area (Å²) in [7, 11) is 0. The van der Waals surface area contributed by atoms with Crippen molar-refractivity contribution in [2.75, 3.05) is 11.9 Å². The predicted octanol–water partition coefficient (Wildman–Crippen LogP) is 4.36. The highest BCUT2D eigenvalue weighted by atomic mass is 16.2. The summed E-state index contributed by atoms with van der Waals surface area (Å²) in [6.07, 6.45) is 7.61. The normalized spacial score (nSPS) is 22.9. The highest BCUT2D eigenvalue weighted by Gasteiger charge is 2.37. The summed E-state index contributed by atoms with van der Waals surface area (Å²) in [5.74, 6) is 0.258. The van der Waals surface area contributed by atoms with Gasteiger partial charge in [-0.05, 0) is 57.7 Å². The Hall–Kier alpha value is -2.37. The minimum Gasteiger partial charge on any atom is -0.336 e. The van der Waals surface area contributed by atoms with Crippen LogP contribution in [0.4, 0.5) is 10.5 Å². The maximum absolute atomic E-state index is 13.4. The molecule has 1 aromatic carbocycles. The number of ketones is 1. The molecule has 2 fully saturated rings. The molecule has 0 aromatic heterocycles. The highest BCUT2D eigenvalue weighted by Crippen LogP contribution is 2.32. The number of nitrogens with zero attached hydrogens (tertiary/aromatic N) is 1. The highest BCUT2D eigenvalue weighted by molar-refractivity contribution is 5.97. The van der Waals surface area contributed by atoms with Crippen LogP contribution in [-0.4, -0.2) is 41.2 Å². The van der Waals surface area contributed by atoms with Crippen LogP contribution in [-0.2, 0) is 4.79 Å². The molecule has 1 saturated carbocycles. The maximum Gasteiger partial charge on any atom is 0.319 e. The average Bonchev–Trinajstić information content (AvgIpc) is 2.93. The molecule has 1 aliphatic carbocycles. The molecule has 1 aliphatic heterocycles. The summed E-state index contributed by atoms with van der Waals surface area (Å²) in [6.45, 7) is 4.48. The largest absolute Gasteiger partial charge is 0.336 e. The number of hydrogen-bond donors (Lipinski definition) is 2. The summed E-state index contributed by atoms with van der Waals surface area (Å²) in [4.78, 5) is 39.9. The van der Waals surface area contributed by atoms with Gasteiger partial charge in [-0.3, -0.25) is 9.59 Å². The lowest BCUT2D eigenvalue weighted by Gasteiger charge is -2.37. The Morgan fingerprint density at radius 3 is 2.62 bits per heavy atom. The summed E-state index contributed by atoms with van der Waals surface area (Å²) < 4.78 is 0. The van der Waals surface area contributed by atoms with E-state index in [2.05, 4.69) is 10.6 Å². The van der Waals surface area contributed by atoms with Crippen LogP contribution in [0.25, 0.3) is 0 Å². The molecule has 6 nitrogen and oxygen atoms in total. The summed E-state index contributed by atoms with van der Waals surface area (Å²) >= 11 is 0. The fourth-order valence-corrected chi connectivity index (χ4v) is 4.55. The zero-order chi connectivity index (χ0) is 20.8. The van der Waals surface area contributed by atoms with Crippen molar-refractivity contribution in [3.05, 3.63) is 29.8 Å². The molecular weight excluding hydrogens is 366 g/mol. The van der Waals surface area contributed by atoms with Crippen molar-refractivity contribution in [3.63, 3.8) is 0 Å². The molecule has 1 aromatic rings. The summed E-state index contributed by atoms with van der Waals surface area (Å²) in [6, 6.07) is 6.83. The number of rotatable bonds is 4. The standard InChI is InChI=1S/C23H33N3O3/c1-16(2)24-23(29)25-18-10-8-9-17(15-18)22(28)26-14-7-3-4-12-20(26)19-11-5-6-13-21(19)27/h8-10,15-16,19-20H,3-7,11-14H2,1-2H3,(H2,24,25,29). The van der Waals surface area contributed by atoms with Gasteiger partial charge in [0.2, 0.25) is 0 Å². The Balaban J connectivity index is 1.78. The Morgan fingerprint density at radius 2 is 1.86 bits per heavy atom. The number of hydrogen-bond acceptors (Lipinski definition) is 3. The minimum absolute atomic E-state index is 0.00125. The van der Waals surface area contributed by atoms with Crippen LogP contribution >= 0.6 is 0 Å². The van der Waals surface area contributed by atoms with Crippen LogP contribution in [0.2, 0.25) is 0 Å². The maximum atomic E-state index is 13.4. The molecule has 0 radical (unpaired) electrons. The Bertz CT molecular complexity index is 747. The van der Waals surface area contributed by atoms with E-state index in [1.165, 1.54) is 0 Å². The lowest BCUT2D eigenvalue weighted by Crippen LogP contribution is -2.47. The van der Waals surface area contributed by atoms with Gasteiger partial charge < -0.3 is 15.5 Å². The summed E-state index contributed by atoms with van der Waals surface area (Å²) in [5.41, 5.74) is 1.15. The van der Waals surface area contributed by atoms with Gasteiger partial charge in [0, 0.05) is 42.2 Å². The number of nitrogens with one attached hydrogen (secondary N) is 2. The van der Waals surface area contributed by atoms with Gasteiger partial charge in [-0.25, -0.2) is 4.79 Å². The van der Waals surface area contributed by atoms with Crippen LogP contribution in [0.15, 0.2) is 24.3 Å². The van der Waals surface area contributed by atoms with Gasteiger partial charge in [-0.2, -0.15) is 0 Å². The van der Waals surface area contributed by atoms with E-state index in [4.69, 9.17) is 0 Å². The molecule has 2 atom stereocenters. The molecule has 3 rings (SSSR count). The minimum atomic E-state index is -0.287. The average molecular weight is 400 g/mol. The second kappa shape index (κ2) is 9.90. The van der Waals surface area contributed by atoms with Gasteiger partial charge in [0.1, 0.15) is 5.78 Å². The first-order chi connectivity index (χ1) is 14.0. The SMILES string of the molecule is CC(C)NC(=O)Nc1cccc(C(=O)N2CCCCCC2C2CCCCC2=O)c1. The molecule has 3 amide bonds. The van der Waals surface area contributed by atoms with E-state index in [1.807, 2.05) is 18.7 Å². The Morgan fingerprint density at radius 1 is 1.07 bits per heavy atom. The number of urea groups is 1. The number of anilines is 1. The van der Waals surface area contributed by atoms with E-state index >= 15 is 0 Å². The van der Waals surface area contributed by atoms with Crippen LogP contribution < -0.4 is 10.6 Å². The topological polar surface area (TPSA) is 78.5 Å². The van der Waals surface area contributed by atoms with Crippen molar-refractivity contribution >= 4 is 23.4 Å². The fraction of sp³-hybridized carbons (Fsp3) is 0.609. The van der Waals surface area contributed by atoms with Gasteiger partial charge in [-0.1, -0.05) is 25.3 Å². The van der Waals surface area contributed by atoms with E-state index < -0.39 is 0 Å². The first kappa shape index (κ1) is 21.3. The van der Waals surface area contributed by atoms with E-state index in [1.54, 1.807) is 24.3 Å². The third-order valence-corrected chi connectivity index (χ3v) is 5.91. The van der Waals surface area contributed by atoms with E-state index in [-0.39, 0.29) is 29.9 Å². The second-order valence-electron chi connectivity index (χ2n) is 8.57. The van der Waals surface area contributed by atoms with Gasteiger partial charge in [0.05, 0.1) is 0 Å². The van der Waals surface area contributed by atoms with Crippen LogP contribution in [0.1, 0.15) is 75.6 Å². The quantitative estimate of drug-likeness (QED) is 0.789. The third kappa shape index (κ3) is 5.58. The second-order valence-corrected chi connectivity index (χ2v) is 8.57. The first-order valence-corrected chi connectivity index (χ1v) is 11.0. The molecule has 2 unspecified atom stereocenters. The van der Waals surface area contributed by atoms with Crippen molar-refractivity contribution in [3.8, 4) is 0 Å². The van der Waals surface area contributed by atoms with Crippen molar-refractivity contribution in [2.24, 2.45) is 5.92 Å². The Labute approximate surface area is 173 Å². The number of carbonyl (C=O) groups excluding carboxylic acids is 3. The summed E-state index contributed by atoms with van der Waals surface area (Å²) in [5, 5.41) is 5.57. The lowest BCUT2D eigenvalue weighted by atomic mass is 9.80. The smallest absolute Gasteiger partial charge is 0.319 e. The zero-order valence-electron chi connectivity index (χ0n) is 17.6. The molecular formula is C23H33N3O3. The molecule has 1 saturated heterocycles. The van der Waals surface area contributed by atoms with Crippen LogP contribution in [0, 0.1) is 5.92 Å². The zero-order valence-corrected chi connectivity index (χ0v) is 17.6. The van der Waals surface area contributed by atoms with Crippen molar-refractivity contribution in [1.82, 2.24) is 10.2 Å². The molecule has 0 spiro atoms. The van der Waals surface area contributed by atoms with Gasteiger partial charge in [0.25, 0.3) is 5.91 Å². The van der Waals surface area contributed by atoms with E-state index in [0.717, 1.165) is 44.9 Å². The van der Waals surface area contributed by atoms with Gasteiger partial charge in [-0.15, -0.1) is 0 Å². The number of Topliss-reactive ketones (excluding diaryl/α,β-unsaturated/α-hetero) is 1. The predicted molar refractivity (Wildman–Crippen MR) is 114 cm³/mol. The van der Waals surface area contributed by atoms with E-state index in [0.29, 0.717) is 30.0 Å². The van der Waals surface area contributed by atoms with Crippen LogP contribution in [0.3, 0.4) is 0 Å². The molecule has 2 N–H and O–H groups in total. The number of carbonyl (C=O) groups is 3. The van der Waals surface area contributed by atoms with Gasteiger partial charge >= 0.3 is 6.03 Å². The molecule has 1 heterocycles. The van der Waals surface area contributed by atoms with Gasteiger partial charge in [0.15, 0.2) is 0 Å².